The summed E-state index contributed by atoms with van der Waals surface area (Å²) in [5, 5.41) is 3.01. The second-order valence-electron chi connectivity index (χ2n) is 9.38. The van der Waals surface area contributed by atoms with E-state index >= 15 is 0 Å². The number of hydrogen-bond acceptors (Lipinski definition) is 11. The normalized spacial score (nSPS) is 14.5. The molecular weight excluding hydrogens is 506 g/mol. The summed E-state index contributed by atoms with van der Waals surface area (Å²) >= 11 is 0. The van der Waals surface area contributed by atoms with Crippen LogP contribution in [-0.2, 0) is 16.4 Å². The average Bonchev–Trinajstić information content (AvgIpc) is 3.77. The lowest BCUT2D eigenvalue weighted by Crippen LogP contribution is -2.28. The summed E-state index contributed by atoms with van der Waals surface area (Å²) in [5.41, 5.74) is 3.12. The number of nitrogens with zero attached hydrogens (tertiary/aromatic N) is 8. The fraction of sp³-hybridized carbons (Fsp3) is 0.440. The molecule has 5 rings (SSSR count). The van der Waals surface area contributed by atoms with Gasteiger partial charge < -0.3 is 5.32 Å². The van der Waals surface area contributed by atoms with Crippen LogP contribution in [0.3, 0.4) is 0 Å². The molecule has 4 aromatic rings. The van der Waals surface area contributed by atoms with Gasteiger partial charge in [0, 0.05) is 24.4 Å². The van der Waals surface area contributed by atoms with Crippen molar-refractivity contribution in [2.75, 3.05) is 11.1 Å². The third-order valence-corrected chi connectivity index (χ3v) is 8.44. The highest BCUT2D eigenvalue weighted by atomic mass is 32.2. The largest absolute Gasteiger partial charge is 0.358 e. The maximum absolute atomic E-state index is 13.6. The van der Waals surface area contributed by atoms with E-state index in [1.165, 1.54) is 12.4 Å². The van der Waals surface area contributed by atoms with Crippen LogP contribution in [0.25, 0.3) is 22.6 Å². The van der Waals surface area contributed by atoms with Gasteiger partial charge in [-0.1, -0.05) is 13.8 Å². The Morgan fingerprint density at radius 1 is 1.05 bits per heavy atom. The van der Waals surface area contributed by atoms with E-state index in [-0.39, 0.29) is 34.6 Å². The van der Waals surface area contributed by atoms with Crippen LogP contribution in [0.4, 0.5) is 5.82 Å². The molecule has 0 unspecified atom stereocenters. The standard InChI is InChI=1S/C25H29N9O3S/c1-5-14(3)34-24-18(11-28-22(33-24)20-15(4)30-13-31-21(20)16-7-8-16)32-23(25(34)35)29-12-19-26-9-17(10-27-19)38(36,37)6-2/h9-11,13-14,16H,5-8,12H2,1-4H3,(H,29,32)/t14-/m1/s1. The third kappa shape index (κ3) is 4.85. The van der Waals surface area contributed by atoms with Gasteiger partial charge in [0.15, 0.2) is 27.1 Å². The smallest absolute Gasteiger partial charge is 0.295 e. The van der Waals surface area contributed by atoms with Gasteiger partial charge in [-0.2, -0.15) is 0 Å². The predicted molar refractivity (Wildman–Crippen MR) is 141 cm³/mol. The summed E-state index contributed by atoms with van der Waals surface area (Å²) < 4.78 is 25.6. The maximum Gasteiger partial charge on any atom is 0.295 e. The van der Waals surface area contributed by atoms with Crippen molar-refractivity contribution in [2.45, 2.75) is 70.4 Å². The molecule has 198 valence electrons. The van der Waals surface area contributed by atoms with Gasteiger partial charge in [-0.05, 0) is 33.1 Å². The van der Waals surface area contributed by atoms with Crippen molar-refractivity contribution in [3.63, 3.8) is 0 Å². The first-order valence-electron chi connectivity index (χ1n) is 12.6. The van der Waals surface area contributed by atoms with Gasteiger partial charge in [0.05, 0.1) is 35.4 Å². The minimum Gasteiger partial charge on any atom is -0.358 e. The van der Waals surface area contributed by atoms with Crippen LogP contribution < -0.4 is 10.9 Å². The Balaban J connectivity index is 1.53. The van der Waals surface area contributed by atoms with E-state index in [4.69, 9.17) is 4.98 Å². The lowest BCUT2D eigenvalue weighted by Gasteiger charge is -2.18. The first-order chi connectivity index (χ1) is 18.2. The SMILES string of the molecule is CC[C@@H](C)n1c(=O)c(NCc2ncc(S(=O)(=O)CC)cn2)nc2cnc(-c3c(C)ncnc3C3CC3)nc21. The molecule has 1 saturated carbocycles. The number of fused-ring (bicyclic) bond motifs is 1. The molecule has 0 radical (unpaired) electrons. The number of hydrogen-bond donors (Lipinski definition) is 1. The second-order valence-corrected chi connectivity index (χ2v) is 11.7. The molecule has 12 nitrogen and oxygen atoms in total. The molecule has 1 atom stereocenters. The summed E-state index contributed by atoms with van der Waals surface area (Å²) in [6, 6.07) is -0.151. The van der Waals surface area contributed by atoms with E-state index in [9.17, 15) is 13.2 Å². The predicted octanol–water partition coefficient (Wildman–Crippen LogP) is 3.00. The molecule has 1 N–H and O–H groups in total. The Labute approximate surface area is 220 Å². The molecule has 1 fully saturated rings. The van der Waals surface area contributed by atoms with Gasteiger partial charge in [0.1, 0.15) is 22.6 Å². The van der Waals surface area contributed by atoms with E-state index in [0.29, 0.717) is 35.2 Å². The monoisotopic (exact) mass is 535 g/mol. The van der Waals surface area contributed by atoms with Crippen molar-refractivity contribution >= 4 is 26.8 Å². The highest BCUT2D eigenvalue weighted by Gasteiger charge is 2.30. The number of aromatic nitrogens is 8. The Kier molecular flexibility index (Phi) is 6.86. The van der Waals surface area contributed by atoms with Gasteiger partial charge in [0.25, 0.3) is 5.56 Å². The molecular formula is C25H29N9O3S. The Morgan fingerprint density at radius 3 is 2.45 bits per heavy atom. The van der Waals surface area contributed by atoms with Gasteiger partial charge >= 0.3 is 0 Å². The highest BCUT2D eigenvalue weighted by molar-refractivity contribution is 7.91. The quantitative estimate of drug-likeness (QED) is 0.336. The molecule has 1 aliphatic rings. The summed E-state index contributed by atoms with van der Waals surface area (Å²) in [6.07, 6.45) is 8.59. The minimum absolute atomic E-state index is 0.0351. The molecule has 0 aliphatic heterocycles. The van der Waals surface area contributed by atoms with Gasteiger partial charge in [-0.3, -0.25) is 9.36 Å². The molecule has 0 spiro atoms. The summed E-state index contributed by atoms with van der Waals surface area (Å²) in [4.78, 5) is 44.7. The molecule has 4 aromatic heterocycles. The van der Waals surface area contributed by atoms with Gasteiger partial charge in [-0.15, -0.1) is 0 Å². The van der Waals surface area contributed by atoms with E-state index in [2.05, 4.69) is 35.2 Å². The van der Waals surface area contributed by atoms with Crippen molar-refractivity contribution in [3.05, 3.63) is 52.5 Å². The number of aryl methyl sites for hydroxylation is 1. The molecule has 0 bridgehead atoms. The number of rotatable bonds is 9. The first-order valence-corrected chi connectivity index (χ1v) is 14.3. The minimum atomic E-state index is -3.39. The average molecular weight is 536 g/mol. The molecule has 4 heterocycles. The van der Waals surface area contributed by atoms with E-state index in [1.807, 2.05) is 20.8 Å². The third-order valence-electron chi connectivity index (χ3n) is 6.75. The van der Waals surface area contributed by atoms with Crippen molar-refractivity contribution in [1.29, 1.82) is 0 Å². The Morgan fingerprint density at radius 2 is 1.79 bits per heavy atom. The van der Waals surface area contributed by atoms with Gasteiger partial charge in [0.2, 0.25) is 0 Å². The molecule has 0 amide bonds. The fourth-order valence-corrected chi connectivity index (χ4v) is 4.95. The second kappa shape index (κ2) is 10.1. The van der Waals surface area contributed by atoms with Crippen LogP contribution in [0.1, 0.15) is 69.2 Å². The molecule has 13 heteroatoms. The molecule has 1 aliphatic carbocycles. The highest BCUT2D eigenvalue weighted by Crippen LogP contribution is 2.43. The topological polar surface area (TPSA) is 158 Å². The van der Waals surface area contributed by atoms with E-state index in [1.54, 1.807) is 24.0 Å². The zero-order valence-corrected chi connectivity index (χ0v) is 22.5. The van der Waals surface area contributed by atoms with Crippen LogP contribution in [0.2, 0.25) is 0 Å². The maximum atomic E-state index is 13.6. The fourth-order valence-electron chi connectivity index (χ4n) is 4.19. The summed E-state index contributed by atoms with van der Waals surface area (Å²) in [6.45, 7) is 7.51. The number of nitrogens with one attached hydrogen (secondary N) is 1. The zero-order valence-electron chi connectivity index (χ0n) is 21.7. The van der Waals surface area contributed by atoms with Crippen LogP contribution in [0.5, 0.6) is 0 Å². The summed E-state index contributed by atoms with van der Waals surface area (Å²) in [7, 11) is -3.39. The summed E-state index contributed by atoms with van der Waals surface area (Å²) in [5.74, 6) is 1.26. The Bertz CT molecular complexity index is 1670. The lowest BCUT2D eigenvalue weighted by molar-refractivity contribution is 0.526. The van der Waals surface area contributed by atoms with Crippen LogP contribution in [-0.4, -0.2) is 53.6 Å². The van der Waals surface area contributed by atoms with Crippen molar-refractivity contribution in [2.24, 2.45) is 0 Å². The number of anilines is 1. The van der Waals surface area contributed by atoms with E-state index in [0.717, 1.165) is 29.8 Å². The molecule has 38 heavy (non-hydrogen) atoms. The van der Waals surface area contributed by atoms with Crippen molar-refractivity contribution in [1.82, 2.24) is 39.5 Å². The van der Waals surface area contributed by atoms with Crippen molar-refractivity contribution in [3.8, 4) is 11.4 Å². The zero-order chi connectivity index (χ0) is 27.0. The number of sulfone groups is 1. The van der Waals surface area contributed by atoms with Crippen LogP contribution >= 0.6 is 0 Å². The van der Waals surface area contributed by atoms with Crippen LogP contribution in [0, 0.1) is 6.92 Å². The van der Waals surface area contributed by atoms with Gasteiger partial charge in [-0.25, -0.2) is 43.3 Å². The molecule has 0 aromatic carbocycles. The van der Waals surface area contributed by atoms with E-state index < -0.39 is 9.84 Å². The lowest BCUT2D eigenvalue weighted by atomic mass is 10.1. The van der Waals surface area contributed by atoms with Crippen molar-refractivity contribution < 1.29 is 8.42 Å². The Hall–Kier alpha value is -3.87. The van der Waals surface area contributed by atoms with Crippen LogP contribution in [0.15, 0.2) is 34.6 Å². The molecule has 0 saturated heterocycles. The first kappa shape index (κ1) is 25.8.